The van der Waals surface area contributed by atoms with Gasteiger partial charge in [-0.2, -0.15) is 0 Å². The smallest absolute Gasteiger partial charge is 0.146 e. The zero-order valence-electron chi connectivity index (χ0n) is 10.5. The predicted octanol–water partition coefficient (Wildman–Crippen LogP) is 2.20. The number of hydrogen-bond donors (Lipinski definition) is 2. The second-order valence-corrected chi connectivity index (χ2v) is 4.94. The van der Waals surface area contributed by atoms with Crippen molar-refractivity contribution in [3.8, 4) is 0 Å². The average molecular weight is 234 g/mol. The van der Waals surface area contributed by atoms with Crippen molar-refractivity contribution in [3.63, 3.8) is 0 Å². The Hall–Kier alpha value is -1.00. The van der Waals surface area contributed by atoms with E-state index < -0.39 is 0 Å². The van der Waals surface area contributed by atoms with Crippen LogP contribution in [0, 0.1) is 11.8 Å². The van der Waals surface area contributed by atoms with E-state index in [4.69, 9.17) is 5.84 Å². The molecule has 1 heterocycles. The number of nitrogens with one attached hydrogen (secondary N) is 1. The van der Waals surface area contributed by atoms with Gasteiger partial charge in [-0.25, -0.2) is 15.4 Å². The van der Waals surface area contributed by atoms with Gasteiger partial charge in [0, 0.05) is 12.4 Å². The van der Waals surface area contributed by atoms with Gasteiger partial charge in [0.25, 0.3) is 0 Å². The first kappa shape index (κ1) is 12.5. The summed E-state index contributed by atoms with van der Waals surface area (Å²) >= 11 is 0. The van der Waals surface area contributed by atoms with Crippen LogP contribution >= 0.6 is 0 Å². The molecule has 4 nitrogen and oxygen atoms in total. The summed E-state index contributed by atoms with van der Waals surface area (Å²) in [5.41, 5.74) is 2.90. The highest BCUT2D eigenvalue weighted by atomic mass is 15.2. The molecule has 0 bridgehead atoms. The van der Waals surface area contributed by atoms with Crippen LogP contribution in [0.2, 0.25) is 0 Å². The Morgan fingerprint density at radius 2 is 1.94 bits per heavy atom. The first-order chi connectivity index (χ1) is 8.35. The van der Waals surface area contributed by atoms with Crippen LogP contribution < -0.4 is 11.3 Å². The molecule has 1 aromatic heterocycles. The van der Waals surface area contributed by atoms with Gasteiger partial charge in [-0.1, -0.05) is 26.2 Å². The lowest BCUT2D eigenvalue weighted by atomic mass is 9.77. The maximum absolute atomic E-state index is 5.67. The summed E-state index contributed by atoms with van der Waals surface area (Å²) < 4.78 is 0. The zero-order valence-corrected chi connectivity index (χ0v) is 10.5. The van der Waals surface area contributed by atoms with Crippen molar-refractivity contribution in [3.05, 3.63) is 24.3 Å². The fourth-order valence-corrected chi connectivity index (χ4v) is 2.82. The largest absolute Gasteiger partial charge is 0.271 e. The molecule has 0 radical (unpaired) electrons. The summed E-state index contributed by atoms with van der Waals surface area (Å²) in [5, 5.41) is 0. The molecule has 1 aromatic rings. The summed E-state index contributed by atoms with van der Waals surface area (Å²) in [6, 6.07) is 1.94. The second-order valence-electron chi connectivity index (χ2n) is 4.94. The number of hydrazine groups is 1. The molecular formula is C13H22N4. The fraction of sp³-hybridized carbons (Fsp3) is 0.692. The number of rotatable bonds is 4. The van der Waals surface area contributed by atoms with Gasteiger partial charge in [0.05, 0.1) is 6.04 Å². The molecule has 1 aliphatic carbocycles. The van der Waals surface area contributed by atoms with E-state index in [0.29, 0.717) is 5.92 Å². The first-order valence-electron chi connectivity index (χ1n) is 6.58. The van der Waals surface area contributed by atoms with E-state index in [9.17, 15) is 0 Å². The third kappa shape index (κ3) is 3.01. The first-order valence-corrected chi connectivity index (χ1v) is 6.58. The molecule has 1 unspecified atom stereocenters. The van der Waals surface area contributed by atoms with Crippen LogP contribution in [-0.2, 0) is 0 Å². The maximum atomic E-state index is 5.67. The summed E-state index contributed by atoms with van der Waals surface area (Å²) in [6.45, 7) is 2.28. The molecule has 0 aliphatic heterocycles. The molecule has 94 valence electrons. The minimum atomic E-state index is 0.106. The highest BCUT2D eigenvalue weighted by Crippen LogP contribution is 2.36. The molecule has 2 rings (SSSR count). The third-order valence-electron chi connectivity index (χ3n) is 3.98. The summed E-state index contributed by atoms with van der Waals surface area (Å²) in [4.78, 5) is 8.62. The fourth-order valence-electron chi connectivity index (χ4n) is 2.82. The quantitative estimate of drug-likeness (QED) is 0.619. The Balaban J connectivity index is 2.00. The Kier molecular flexibility index (Phi) is 4.45. The van der Waals surface area contributed by atoms with Crippen LogP contribution in [0.3, 0.4) is 0 Å². The monoisotopic (exact) mass is 234 g/mol. The van der Waals surface area contributed by atoms with Crippen LogP contribution in [0.15, 0.2) is 18.5 Å². The standard InChI is InChI=1S/C13H22N4/c1-2-10-4-6-11(7-5-10)12(17-14)13-15-8-3-9-16-13/h3,8-12,17H,2,4-7,14H2,1H3. The van der Waals surface area contributed by atoms with E-state index in [1.165, 1.54) is 32.1 Å². The van der Waals surface area contributed by atoms with Gasteiger partial charge in [0.15, 0.2) is 0 Å². The van der Waals surface area contributed by atoms with Crippen molar-refractivity contribution < 1.29 is 0 Å². The van der Waals surface area contributed by atoms with Crippen molar-refractivity contribution in [1.29, 1.82) is 0 Å². The third-order valence-corrected chi connectivity index (χ3v) is 3.98. The van der Waals surface area contributed by atoms with E-state index in [1.807, 2.05) is 6.07 Å². The lowest BCUT2D eigenvalue weighted by molar-refractivity contribution is 0.214. The molecular weight excluding hydrogens is 212 g/mol. The van der Waals surface area contributed by atoms with Crippen LogP contribution in [0.1, 0.15) is 50.9 Å². The number of hydrogen-bond acceptors (Lipinski definition) is 4. The van der Waals surface area contributed by atoms with E-state index in [1.54, 1.807) is 12.4 Å². The van der Waals surface area contributed by atoms with Gasteiger partial charge in [-0.3, -0.25) is 5.84 Å². The van der Waals surface area contributed by atoms with Gasteiger partial charge in [0.1, 0.15) is 5.82 Å². The van der Waals surface area contributed by atoms with Crippen molar-refractivity contribution in [2.24, 2.45) is 17.7 Å². The van der Waals surface area contributed by atoms with Crippen molar-refractivity contribution in [2.75, 3.05) is 0 Å². The topological polar surface area (TPSA) is 63.8 Å². The lowest BCUT2D eigenvalue weighted by Gasteiger charge is -2.32. The van der Waals surface area contributed by atoms with E-state index in [0.717, 1.165) is 11.7 Å². The predicted molar refractivity (Wildman–Crippen MR) is 67.8 cm³/mol. The summed E-state index contributed by atoms with van der Waals surface area (Å²) in [7, 11) is 0. The zero-order chi connectivity index (χ0) is 12.1. The van der Waals surface area contributed by atoms with E-state index in [-0.39, 0.29) is 6.04 Å². The molecule has 0 spiro atoms. The van der Waals surface area contributed by atoms with E-state index in [2.05, 4.69) is 22.3 Å². The van der Waals surface area contributed by atoms with Crippen LogP contribution in [0.5, 0.6) is 0 Å². The van der Waals surface area contributed by atoms with E-state index >= 15 is 0 Å². The number of aromatic nitrogens is 2. The van der Waals surface area contributed by atoms with Gasteiger partial charge >= 0.3 is 0 Å². The molecule has 3 N–H and O–H groups in total. The minimum Gasteiger partial charge on any atom is -0.271 e. The Labute approximate surface area is 103 Å². The molecule has 17 heavy (non-hydrogen) atoms. The van der Waals surface area contributed by atoms with Gasteiger partial charge in [0.2, 0.25) is 0 Å². The van der Waals surface area contributed by atoms with Crippen LogP contribution in [-0.4, -0.2) is 9.97 Å². The molecule has 0 amide bonds. The lowest BCUT2D eigenvalue weighted by Crippen LogP contribution is -2.36. The molecule has 1 aliphatic rings. The summed E-state index contributed by atoms with van der Waals surface area (Å²) in [5.74, 6) is 7.98. The Bertz CT molecular complexity index is 319. The molecule has 0 aromatic carbocycles. The number of nitrogens with two attached hydrogens (primary N) is 1. The summed E-state index contributed by atoms with van der Waals surface area (Å²) in [6.07, 6.45) is 9.94. The number of nitrogens with zero attached hydrogens (tertiary/aromatic N) is 2. The Morgan fingerprint density at radius 3 is 2.47 bits per heavy atom. The Morgan fingerprint density at radius 1 is 1.29 bits per heavy atom. The maximum Gasteiger partial charge on any atom is 0.146 e. The highest BCUT2D eigenvalue weighted by molar-refractivity contribution is 4.98. The van der Waals surface area contributed by atoms with Gasteiger partial charge < -0.3 is 0 Å². The average Bonchev–Trinajstić information content (AvgIpc) is 2.42. The minimum absolute atomic E-state index is 0.106. The van der Waals surface area contributed by atoms with Gasteiger partial charge in [-0.15, -0.1) is 0 Å². The molecule has 0 saturated heterocycles. The van der Waals surface area contributed by atoms with Crippen molar-refractivity contribution in [1.82, 2.24) is 15.4 Å². The SMILES string of the molecule is CCC1CCC(C(NN)c2ncccn2)CC1. The molecule has 1 saturated carbocycles. The van der Waals surface area contributed by atoms with Crippen LogP contribution in [0.25, 0.3) is 0 Å². The molecule has 1 atom stereocenters. The van der Waals surface area contributed by atoms with Gasteiger partial charge in [-0.05, 0) is 30.7 Å². The molecule has 1 fully saturated rings. The van der Waals surface area contributed by atoms with Crippen LogP contribution in [0.4, 0.5) is 0 Å². The van der Waals surface area contributed by atoms with Crippen molar-refractivity contribution in [2.45, 2.75) is 45.1 Å². The highest BCUT2D eigenvalue weighted by Gasteiger charge is 2.28. The second kappa shape index (κ2) is 6.07. The molecule has 4 heteroatoms. The normalized spacial score (nSPS) is 26.7. The van der Waals surface area contributed by atoms with Crippen molar-refractivity contribution >= 4 is 0 Å².